The van der Waals surface area contributed by atoms with Gasteiger partial charge in [-0.15, -0.1) is 12.4 Å². The van der Waals surface area contributed by atoms with Crippen LogP contribution in [0.1, 0.15) is 53.8 Å². The van der Waals surface area contributed by atoms with Crippen LogP contribution in [0.3, 0.4) is 0 Å². The molecule has 0 atom stereocenters. The number of rotatable bonds is 6. The van der Waals surface area contributed by atoms with E-state index in [1.807, 2.05) is 0 Å². The average molecular weight is 366 g/mol. The number of carbonyl (C=O) groups is 2. The molecule has 5 nitrogen and oxygen atoms in total. The van der Waals surface area contributed by atoms with E-state index in [0.717, 1.165) is 19.6 Å². The molecule has 0 radical (unpaired) electrons. The number of furan rings is 1. The van der Waals surface area contributed by atoms with E-state index in [4.69, 9.17) is 9.15 Å². The molecule has 1 aromatic heterocycles. The Hall–Kier alpha value is -1.85. The molecule has 0 saturated carbocycles. The van der Waals surface area contributed by atoms with Crippen molar-refractivity contribution in [1.29, 1.82) is 0 Å². The second-order valence-electron chi connectivity index (χ2n) is 6.33. The van der Waals surface area contributed by atoms with Gasteiger partial charge in [0.25, 0.3) is 0 Å². The molecule has 0 amide bonds. The van der Waals surface area contributed by atoms with Crippen molar-refractivity contribution in [2.24, 2.45) is 0 Å². The first kappa shape index (κ1) is 19.5. The summed E-state index contributed by atoms with van der Waals surface area (Å²) in [7, 11) is 0. The van der Waals surface area contributed by atoms with Crippen LogP contribution in [0.25, 0.3) is 11.0 Å². The van der Waals surface area contributed by atoms with Crippen molar-refractivity contribution in [3.8, 4) is 5.75 Å². The molecule has 2 aromatic rings. The molecular weight excluding hydrogens is 342 g/mol. The van der Waals surface area contributed by atoms with Gasteiger partial charge < -0.3 is 9.15 Å². The zero-order chi connectivity index (χ0) is 17.1. The van der Waals surface area contributed by atoms with Crippen LogP contribution in [0.2, 0.25) is 0 Å². The van der Waals surface area contributed by atoms with E-state index >= 15 is 0 Å². The molecule has 136 valence electrons. The minimum atomic E-state index is -0.135. The first-order chi connectivity index (χ1) is 11.6. The molecule has 1 fully saturated rings. The van der Waals surface area contributed by atoms with E-state index in [-0.39, 0.29) is 24.0 Å². The lowest BCUT2D eigenvalue weighted by molar-refractivity contribution is 0.101. The Kier molecular flexibility index (Phi) is 6.62. The Bertz CT molecular complexity index is 762. The molecule has 1 aliphatic heterocycles. The fraction of sp³-hybridized carbons (Fsp3) is 0.474. The third kappa shape index (κ3) is 4.22. The zero-order valence-electron chi connectivity index (χ0n) is 14.7. The number of hydrogen-bond donors (Lipinski definition) is 0. The van der Waals surface area contributed by atoms with E-state index in [2.05, 4.69) is 4.90 Å². The molecule has 1 saturated heterocycles. The lowest BCUT2D eigenvalue weighted by Crippen LogP contribution is -2.33. The van der Waals surface area contributed by atoms with Gasteiger partial charge in [0, 0.05) is 17.5 Å². The normalized spacial score (nSPS) is 15.0. The van der Waals surface area contributed by atoms with E-state index in [0.29, 0.717) is 34.5 Å². The standard InChI is InChI=1S/C19H23NO4.ClH/c1-13(21)16-12-17(14(2)22)19(18-15(16)6-10-23-18)24-11-9-20-7-4-3-5-8-20;/h6,10,12H,3-5,7-9,11H2,1-2H3;1H. The highest BCUT2D eigenvalue weighted by molar-refractivity contribution is 6.12. The molecule has 1 aliphatic rings. The number of fused-ring (bicyclic) bond motifs is 1. The topological polar surface area (TPSA) is 59.8 Å². The third-order valence-electron chi connectivity index (χ3n) is 4.56. The van der Waals surface area contributed by atoms with Crippen molar-refractivity contribution in [1.82, 2.24) is 4.90 Å². The van der Waals surface area contributed by atoms with Gasteiger partial charge in [0.1, 0.15) is 6.61 Å². The van der Waals surface area contributed by atoms with Crippen LogP contribution in [0.4, 0.5) is 0 Å². The largest absolute Gasteiger partial charge is 0.488 e. The first-order valence-corrected chi connectivity index (χ1v) is 8.49. The minimum Gasteiger partial charge on any atom is -0.488 e. The zero-order valence-corrected chi connectivity index (χ0v) is 15.5. The maximum Gasteiger partial charge on any atom is 0.177 e. The molecule has 2 heterocycles. The summed E-state index contributed by atoms with van der Waals surface area (Å²) in [6.07, 6.45) is 5.28. The lowest BCUT2D eigenvalue weighted by Gasteiger charge is -2.26. The Morgan fingerprint density at radius 3 is 2.44 bits per heavy atom. The average Bonchev–Trinajstić information content (AvgIpc) is 3.04. The summed E-state index contributed by atoms with van der Waals surface area (Å²) in [5.41, 5.74) is 1.38. The van der Waals surface area contributed by atoms with Crippen LogP contribution in [0.5, 0.6) is 5.75 Å². The van der Waals surface area contributed by atoms with Gasteiger partial charge in [-0.3, -0.25) is 14.5 Å². The SMILES string of the molecule is CC(=O)c1cc(C(C)=O)c2ccoc2c1OCCN1CCCCC1.Cl. The summed E-state index contributed by atoms with van der Waals surface area (Å²) >= 11 is 0. The molecule has 3 rings (SSSR count). The molecule has 0 N–H and O–H groups in total. The van der Waals surface area contributed by atoms with Crippen molar-refractivity contribution < 1.29 is 18.7 Å². The molecule has 0 unspecified atom stereocenters. The third-order valence-corrected chi connectivity index (χ3v) is 4.56. The number of hydrogen-bond acceptors (Lipinski definition) is 5. The molecule has 0 spiro atoms. The predicted octanol–water partition coefficient (Wildman–Crippen LogP) is 4.12. The monoisotopic (exact) mass is 365 g/mol. The summed E-state index contributed by atoms with van der Waals surface area (Å²) in [5.74, 6) is 0.219. The van der Waals surface area contributed by atoms with E-state index < -0.39 is 0 Å². The highest BCUT2D eigenvalue weighted by Crippen LogP contribution is 2.34. The summed E-state index contributed by atoms with van der Waals surface area (Å²) in [6, 6.07) is 3.37. The van der Waals surface area contributed by atoms with Crippen LogP contribution in [0, 0.1) is 0 Å². The van der Waals surface area contributed by atoms with Gasteiger partial charge >= 0.3 is 0 Å². The van der Waals surface area contributed by atoms with Crippen molar-refractivity contribution in [3.63, 3.8) is 0 Å². The smallest absolute Gasteiger partial charge is 0.177 e. The van der Waals surface area contributed by atoms with Crippen molar-refractivity contribution >= 4 is 34.9 Å². The van der Waals surface area contributed by atoms with Gasteiger partial charge in [-0.2, -0.15) is 0 Å². The van der Waals surface area contributed by atoms with Gasteiger partial charge in [-0.25, -0.2) is 0 Å². The van der Waals surface area contributed by atoms with Gasteiger partial charge in [0.15, 0.2) is 22.9 Å². The van der Waals surface area contributed by atoms with Gasteiger partial charge in [0.2, 0.25) is 0 Å². The van der Waals surface area contributed by atoms with E-state index in [9.17, 15) is 9.59 Å². The second kappa shape index (κ2) is 8.50. The number of nitrogens with zero attached hydrogens (tertiary/aromatic N) is 1. The van der Waals surface area contributed by atoms with Crippen LogP contribution in [-0.2, 0) is 0 Å². The van der Waals surface area contributed by atoms with Gasteiger partial charge in [-0.1, -0.05) is 6.42 Å². The van der Waals surface area contributed by atoms with Crippen LogP contribution >= 0.6 is 12.4 Å². The molecule has 25 heavy (non-hydrogen) atoms. The van der Waals surface area contributed by atoms with E-state index in [1.54, 1.807) is 12.1 Å². The van der Waals surface area contributed by atoms with Crippen LogP contribution in [0.15, 0.2) is 22.8 Å². The molecule has 0 bridgehead atoms. The first-order valence-electron chi connectivity index (χ1n) is 8.49. The molecular formula is C19H24ClNO4. The fourth-order valence-corrected chi connectivity index (χ4v) is 3.26. The van der Waals surface area contributed by atoms with E-state index in [1.165, 1.54) is 39.4 Å². The summed E-state index contributed by atoms with van der Waals surface area (Å²) in [5, 5.41) is 0.695. The maximum atomic E-state index is 12.0. The van der Waals surface area contributed by atoms with Crippen LogP contribution in [-0.4, -0.2) is 42.7 Å². The highest BCUT2D eigenvalue weighted by Gasteiger charge is 2.21. The highest BCUT2D eigenvalue weighted by atomic mass is 35.5. The second-order valence-corrected chi connectivity index (χ2v) is 6.33. The lowest BCUT2D eigenvalue weighted by atomic mass is 10.0. The van der Waals surface area contributed by atoms with Crippen molar-refractivity contribution in [2.45, 2.75) is 33.1 Å². The number of likely N-dealkylation sites (tertiary alicyclic amines) is 1. The summed E-state index contributed by atoms with van der Waals surface area (Å²) < 4.78 is 11.5. The molecule has 6 heteroatoms. The van der Waals surface area contributed by atoms with Gasteiger partial charge in [0.05, 0.1) is 11.8 Å². The number of benzene rings is 1. The predicted molar refractivity (Wildman–Crippen MR) is 99.3 cm³/mol. The number of piperidine rings is 1. The van der Waals surface area contributed by atoms with Gasteiger partial charge in [-0.05, 0) is 51.9 Å². The number of Topliss-reactive ketones (excluding diaryl/α,β-unsaturated/α-hetero) is 2. The summed E-state index contributed by atoms with van der Waals surface area (Å²) in [6.45, 7) is 6.49. The number of ether oxygens (including phenoxy) is 1. The minimum absolute atomic E-state index is 0. The molecule has 1 aromatic carbocycles. The Morgan fingerprint density at radius 1 is 1.12 bits per heavy atom. The Morgan fingerprint density at radius 2 is 1.80 bits per heavy atom. The fourth-order valence-electron chi connectivity index (χ4n) is 3.26. The Balaban J connectivity index is 0.00000225. The number of ketones is 2. The number of carbonyl (C=O) groups excluding carboxylic acids is 2. The maximum absolute atomic E-state index is 12.0. The Labute approximate surface area is 153 Å². The quantitative estimate of drug-likeness (QED) is 0.720. The van der Waals surface area contributed by atoms with Crippen LogP contribution < -0.4 is 4.74 Å². The molecule has 0 aliphatic carbocycles. The van der Waals surface area contributed by atoms with Crippen molar-refractivity contribution in [3.05, 3.63) is 29.5 Å². The van der Waals surface area contributed by atoms with Crippen molar-refractivity contribution in [2.75, 3.05) is 26.2 Å². The number of halogens is 1. The summed E-state index contributed by atoms with van der Waals surface area (Å²) in [4.78, 5) is 26.3.